The SMILES string of the molecule is COC(=O)C1=C(Nc2ccc(C(=O)OCC(=O)c3ccc(Br)cc3)cc2)C(=O)N(CCO)C1. The van der Waals surface area contributed by atoms with Crippen LogP contribution in [0.4, 0.5) is 5.69 Å². The van der Waals surface area contributed by atoms with Gasteiger partial charge in [-0.3, -0.25) is 9.59 Å². The van der Waals surface area contributed by atoms with Gasteiger partial charge in [0.05, 0.1) is 31.4 Å². The van der Waals surface area contributed by atoms with Gasteiger partial charge in [-0.15, -0.1) is 0 Å². The van der Waals surface area contributed by atoms with E-state index in [2.05, 4.69) is 21.2 Å². The van der Waals surface area contributed by atoms with Crippen molar-refractivity contribution in [2.24, 2.45) is 0 Å². The fourth-order valence-corrected chi connectivity index (χ4v) is 3.38. The lowest BCUT2D eigenvalue weighted by Crippen LogP contribution is -2.31. The van der Waals surface area contributed by atoms with Gasteiger partial charge in [-0.25, -0.2) is 9.59 Å². The quantitative estimate of drug-likeness (QED) is 0.384. The summed E-state index contributed by atoms with van der Waals surface area (Å²) < 4.78 is 10.7. The molecule has 0 aromatic heterocycles. The summed E-state index contributed by atoms with van der Waals surface area (Å²) in [6.45, 7) is -0.543. The summed E-state index contributed by atoms with van der Waals surface area (Å²) in [6, 6.07) is 12.7. The lowest BCUT2D eigenvalue weighted by molar-refractivity contribution is -0.136. The van der Waals surface area contributed by atoms with Crippen molar-refractivity contribution in [1.82, 2.24) is 4.90 Å². The normalized spacial score (nSPS) is 13.2. The van der Waals surface area contributed by atoms with E-state index in [4.69, 9.17) is 14.6 Å². The lowest BCUT2D eigenvalue weighted by atomic mass is 10.1. The number of ketones is 1. The van der Waals surface area contributed by atoms with Gasteiger partial charge in [-0.2, -0.15) is 0 Å². The predicted molar refractivity (Wildman–Crippen MR) is 122 cm³/mol. The number of anilines is 1. The highest BCUT2D eigenvalue weighted by Crippen LogP contribution is 2.23. The summed E-state index contributed by atoms with van der Waals surface area (Å²) in [5.41, 5.74) is 1.28. The van der Waals surface area contributed by atoms with Gasteiger partial charge < -0.3 is 24.8 Å². The second kappa shape index (κ2) is 10.9. The van der Waals surface area contributed by atoms with Gasteiger partial charge in [-0.05, 0) is 36.4 Å². The highest BCUT2D eigenvalue weighted by Gasteiger charge is 2.34. The molecule has 2 aromatic carbocycles. The van der Waals surface area contributed by atoms with E-state index >= 15 is 0 Å². The highest BCUT2D eigenvalue weighted by molar-refractivity contribution is 9.10. The van der Waals surface area contributed by atoms with Crippen LogP contribution in [0.1, 0.15) is 20.7 Å². The zero-order valence-electron chi connectivity index (χ0n) is 17.7. The van der Waals surface area contributed by atoms with Crippen LogP contribution in [0, 0.1) is 0 Å². The molecule has 0 saturated heterocycles. The molecule has 1 heterocycles. The van der Waals surface area contributed by atoms with E-state index in [1.54, 1.807) is 24.3 Å². The lowest BCUT2D eigenvalue weighted by Gasteiger charge is -2.15. The maximum atomic E-state index is 12.6. The van der Waals surface area contributed by atoms with Crippen LogP contribution in [-0.2, 0) is 19.1 Å². The number of Topliss-reactive ketones (excluding diaryl/α,β-unsaturated/α-hetero) is 1. The van der Waals surface area contributed by atoms with Crippen LogP contribution >= 0.6 is 15.9 Å². The van der Waals surface area contributed by atoms with Gasteiger partial charge in [0, 0.05) is 22.3 Å². The van der Waals surface area contributed by atoms with E-state index in [1.165, 1.54) is 36.3 Å². The second-order valence-corrected chi connectivity index (χ2v) is 7.92. The number of hydrogen-bond acceptors (Lipinski definition) is 8. The maximum Gasteiger partial charge on any atom is 0.338 e. The van der Waals surface area contributed by atoms with Gasteiger partial charge in [0.2, 0.25) is 0 Å². The van der Waals surface area contributed by atoms with Crippen LogP contribution < -0.4 is 5.32 Å². The Morgan fingerprint density at radius 2 is 1.67 bits per heavy atom. The van der Waals surface area contributed by atoms with Crippen molar-refractivity contribution in [3.63, 3.8) is 0 Å². The minimum absolute atomic E-state index is 0.0191. The van der Waals surface area contributed by atoms with Crippen molar-refractivity contribution in [1.29, 1.82) is 0 Å². The van der Waals surface area contributed by atoms with Crippen LogP contribution in [0.15, 0.2) is 64.3 Å². The molecule has 0 unspecified atom stereocenters. The van der Waals surface area contributed by atoms with Crippen molar-refractivity contribution < 1.29 is 33.8 Å². The molecule has 9 nitrogen and oxygen atoms in total. The summed E-state index contributed by atoms with van der Waals surface area (Å²) in [5.74, 6) is -2.10. The number of esters is 2. The molecule has 2 N–H and O–H groups in total. The van der Waals surface area contributed by atoms with E-state index in [0.29, 0.717) is 11.3 Å². The number of ether oxygens (including phenoxy) is 2. The first-order chi connectivity index (χ1) is 15.8. The van der Waals surface area contributed by atoms with E-state index in [9.17, 15) is 19.2 Å². The number of hydrogen-bond donors (Lipinski definition) is 2. The number of carbonyl (C=O) groups is 4. The molecule has 0 atom stereocenters. The van der Waals surface area contributed by atoms with E-state index in [1.807, 2.05) is 0 Å². The molecule has 1 aliphatic heterocycles. The average Bonchev–Trinajstić information content (AvgIpc) is 3.13. The molecule has 172 valence electrons. The number of β-amino-alcohol motifs (C(OH)–C–C–N with tert-alkyl or cyclic N) is 1. The summed E-state index contributed by atoms with van der Waals surface area (Å²) in [6.07, 6.45) is 0. The Kier molecular flexibility index (Phi) is 7.96. The maximum absolute atomic E-state index is 12.6. The minimum atomic E-state index is -0.674. The zero-order chi connectivity index (χ0) is 24.0. The number of nitrogens with zero attached hydrogens (tertiary/aromatic N) is 1. The Morgan fingerprint density at radius 3 is 2.27 bits per heavy atom. The topological polar surface area (TPSA) is 122 Å². The standard InChI is InChI=1S/C23H21BrN2O7/c1-32-23(31)18-12-26(10-11-27)21(29)20(18)25-17-8-4-15(5-9-17)22(30)33-13-19(28)14-2-6-16(24)7-3-14/h2-9,25,27H,10-13H2,1H3. The third-order valence-corrected chi connectivity index (χ3v) is 5.37. The van der Waals surface area contributed by atoms with Gasteiger partial charge in [0.15, 0.2) is 12.4 Å². The third-order valence-electron chi connectivity index (χ3n) is 4.84. The molecule has 0 saturated carbocycles. The zero-order valence-corrected chi connectivity index (χ0v) is 19.3. The number of carbonyl (C=O) groups excluding carboxylic acids is 4. The summed E-state index contributed by atoms with van der Waals surface area (Å²) in [5, 5.41) is 12.0. The molecular weight excluding hydrogens is 496 g/mol. The van der Waals surface area contributed by atoms with Crippen molar-refractivity contribution in [3.8, 4) is 0 Å². The Hall–Kier alpha value is -3.50. The molecule has 10 heteroatoms. The summed E-state index contributed by atoms with van der Waals surface area (Å²) in [4.78, 5) is 50.4. The molecule has 0 radical (unpaired) electrons. The highest BCUT2D eigenvalue weighted by atomic mass is 79.9. The molecule has 2 aromatic rings. The fraction of sp³-hybridized carbons (Fsp3) is 0.217. The van der Waals surface area contributed by atoms with Crippen LogP contribution in [-0.4, -0.2) is 67.0 Å². The first-order valence-electron chi connectivity index (χ1n) is 9.88. The number of aliphatic hydroxyl groups is 1. The largest absolute Gasteiger partial charge is 0.466 e. The minimum Gasteiger partial charge on any atom is -0.466 e. The second-order valence-electron chi connectivity index (χ2n) is 7.00. The molecule has 1 aliphatic rings. The molecule has 0 aliphatic carbocycles. The molecular formula is C23H21BrN2O7. The Morgan fingerprint density at radius 1 is 1.03 bits per heavy atom. The molecule has 1 amide bonds. The fourth-order valence-electron chi connectivity index (χ4n) is 3.12. The smallest absolute Gasteiger partial charge is 0.338 e. The van der Waals surface area contributed by atoms with Crippen molar-refractivity contribution in [2.75, 3.05) is 38.7 Å². The number of aliphatic hydroxyl groups excluding tert-OH is 1. The Bertz CT molecular complexity index is 1090. The van der Waals surface area contributed by atoms with Gasteiger partial charge in [0.25, 0.3) is 5.91 Å². The van der Waals surface area contributed by atoms with Crippen molar-refractivity contribution >= 4 is 45.2 Å². The molecule has 0 fully saturated rings. The first kappa shape index (κ1) is 24.1. The number of rotatable bonds is 9. The van der Waals surface area contributed by atoms with E-state index in [-0.39, 0.29) is 42.3 Å². The van der Waals surface area contributed by atoms with Crippen LogP contribution in [0.2, 0.25) is 0 Å². The van der Waals surface area contributed by atoms with E-state index in [0.717, 1.165) is 4.47 Å². The van der Waals surface area contributed by atoms with Crippen LogP contribution in [0.5, 0.6) is 0 Å². The van der Waals surface area contributed by atoms with Gasteiger partial charge in [-0.1, -0.05) is 28.1 Å². The number of benzene rings is 2. The number of amides is 1. The van der Waals surface area contributed by atoms with Crippen LogP contribution in [0.3, 0.4) is 0 Å². The first-order valence-corrected chi connectivity index (χ1v) is 10.7. The third kappa shape index (κ3) is 5.85. The number of halogens is 1. The molecule has 3 rings (SSSR count). The van der Waals surface area contributed by atoms with Gasteiger partial charge in [0.1, 0.15) is 5.70 Å². The summed E-state index contributed by atoms with van der Waals surface area (Å²) in [7, 11) is 1.22. The number of nitrogens with one attached hydrogen (secondary N) is 1. The van der Waals surface area contributed by atoms with Crippen LogP contribution in [0.25, 0.3) is 0 Å². The Balaban J connectivity index is 1.64. The molecule has 33 heavy (non-hydrogen) atoms. The van der Waals surface area contributed by atoms with Crippen molar-refractivity contribution in [3.05, 3.63) is 75.4 Å². The van der Waals surface area contributed by atoms with E-state index < -0.39 is 24.5 Å². The monoisotopic (exact) mass is 516 g/mol. The Labute approximate surface area is 198 Å². The molecule has 0 bridgehead atoms. The summed E-state index contributed by atoms with van der Waals surface area (Å²) >= 11 is 3.29. The predicted octanol–water partition coefficient (Wildman–Crippen LogP) is 2.16. The van der Waals surface area contributed by atoms with Gasteiger partial charge >= 0.3 is 11.9 Å². The molecule has 0 spiro atoms. The average molecular weight is 517 g/mol. The van der Waals surface area contributed by atoms with Crippen molar-refractivity contribution in [2.45, 2.75) is 0 Å². The number of methoxy groups -OCH3 is 1.